The summed E-state index contributed by atoms with van der Waals surface area (Å²) in [5.74, 6) is -2.80. The molecular weight excluding hydrogens is 436 g/mol. The Morgan fingerprint density at radius 3 is 2.62 bits per heavy atom. The Hall–Kier alpha value is -2.62. The van der Waals surface area contributed by atoms with Gasteiger partial charge in [-0.05, 0) is 48.0 Å². The SMILES string of the molecule is CC(=O)NCC1CCC(F)(F)CN1C(=O)c1nc(Nc2cc(C(C)(C)C)sn2)ccc1C. The third kappa shape index (κ3) is 5.79. The normalized spacial score (nSPS) is 18.3. The Labute approximate surface area is 190 Å². The van der Waals surface area contributed by atoms with E-state index in [1.54, 1.807) is 19.1 Å². The first-order valence-electron chi connectivity index (χ1n) is 10.5. The van der Waals surface area contributed by atoms with Crippen LogP contribution in [-0.4, -0.2) is 51.1 Å². The highest BCUT2D eigenvalue weighted by molar-refractivity contribution is 7.06. The minimum absolute atomic E-state index is 0.0398. The second-order valence-electron chi connectivity index (χ2n) is 9.23. The molecule has 1 aliphatic heterocycles. The lowest BCUT2D eigenvalue weighted by molar-refractivity contribution is -0.119. The van der Waals surface area contributed by atoms with E-state index in [1.807, 2.05) is 6.07 Å². The van der Waals surface area contributed by atoms with Crippen LogP contribution in [0.2, 0.25) is 0 Å². The molecule has 0 bridgehead atoms. The second kappa shape index (κ2) is 9.09. The molecular formula is C22H29F2N5O2S. The van der Waals surface area contributed by atoms with Crippen LogP contribution in [0.25, 0.3) is 0 Å². The number of alkyl halides is 2. The number of nitrogens with zero attached hydrogens (tertiary/aromatic N) is 3. The van der Waals surface area contributed by atoms with Gasteiger partial charge in [-0.15, -0.1) is 0 Å². The fourth-order valence-electron chi connectivity index (χ4n) is 3.47. The number of aryl methyl sites for hydroxylation is 1. The summed E-state index contributed by atoms with van der Waals surface area (Å²) in [6, 6.07) is 4.87. The number of hydrogen-bond acceptors (Lipinski definition) is 6. The summed E-state index contributed by atoms with van der Waals surface area (Å²) < 4.78 is 32.7. The summed E-state index contributed by atoms with van der Waals surface area (Å²) in [5, 5.41) is 5.74. The smallest absolute Gasteiger partial charge is 0.273 e. The fourth-order valence-corrected chi connectivity index (χ4v) is 4.21. The number of carbonyl (C=O) groups excluding carboxylic acids is 2. The Bertz CT molecular complexity index is 1000. The predicted molar refractivity (Wildman–Crippen MR) is 121 cm³/mol. The van der Waals surface area contributed by atoms with Crippen LogP contribution in [-0.2, 0) is 10.2 Å². The highest BCUT2D eigenvalue weighted by Gasteiger charge is 2.42. The number of piperidine rings is 1. The number of aromatic nitrogens is 2. The Morgan fingerprint density at radius 2 is 2.00 bits per heavy atom. The number of amides is 2. The van der Waals surface area contributed by atoms with Crippen molar-refractivity contribution in [3.8, 4) is 0 Å². The summed E-state index contributed by atoms with van der Waals surface area (Å²) in [7, 11) is 0. The zero-order chi connectivity index (χ0) is 23.7. The van der Waals surface area contributed by atoms with Gasteiger partial charge in [0.15, 0.2) is 0 Å². The molecule has 0 spiro atoms. The van der Waals surface area contributed by atoms with Gasteiger partial charge in [0.05, 0.1) is 6.54 Å². The van der Waals surface area contributed by atoms with Gasteiger partial charge in [-0.25, -0.2) is 13.8 Å². The van der Waals surface area contributed by atoms with E-state index in [1.165, 1.54) is 18.5 Å². The van der Waals surface area contributed by atoms with Crippen LogP contribution in [0.1, 0.15) is 61.5 Å². The number of rotatable bonds is 5. The van der Waals surface area contributed by atoms with E-state index in [0.29, 0.717) is 17.2 Å². The monoisotopic (exact) mass is 465 g/mol. The molecule has 174 valence electrons. The lowest BCUT2D eigenvalue weighted by Gasteiger charge is -2.39. The zero-order valence-corrected chi connectivity index (χ0v) is 19.8. The summed E-state index contributed by atoms with van der Waals surface area (Å²) in [6.45, 7) is 8.78. The predicted octanol–water partition coefficient (Wildman–Crippen LogP) is 4.26. The van der Waals surface area contributed by atoms with Crippen molar-refractivity contribution in [2.75, 3.05) is 18.4 Å². The average molecular weight is 466 g/mol. The number of nitrogens with one attached hydrogen (secondary N) is 2. The highest BCUT2D eigenvalue weighted by atomic mass is 32.1. The summed E-state index contributed by atoms with van der Waals surface area (Å²) in [4.78, 5) is 31.2. The van der Waals surface area contributed by atoms with Gasteiger partial charge >= 0.3 is 0 Å². The van der Waals surface area contributed by atoms with Gasteiger partial charge < -0.3 is 15.5 Å². The quantitative estimate of drug-likeness (QED) is 0.689. The molecule has 32 heavy (non-hydrogen) atoms. The number of hydrogen-bond donors (Lipinski definition) is 2. The first-order chi connectivity index (χ1) is 14.9. The first-order valence-corrected chi connectivity index (χ1v) is 11.3. The minimum atomic E-state index is -2.98. The number of pyridine rings is 1. The van der Waals surface area contributed by atoms with Crippen LogP contribution >= 0.6 is 11.5 Å². The van der Waals surface area contributed by atoms with E-state index in [2.05, 4.69) is 40.8 Å². The molecule has 1 aliphatic rings. The third-order valence-corrected chi connectivity index (χ3v) is 6.55. The summed E-state index contributed by atoms with van der Waals surface area (Å²) >= 11 is 1.39. The van der Waals surface area contributed by atoms with E-state index >= 15 is 0 Å². The van der Waals surface area contributed by atoms with Crippen molar-refractivity contribution in [3.63, 3.8) is 0 Å². The highest BCUT2D eigenvalue weighted by Crippen LogP contribution is 2.32. The van der Waals surface area contributed by atoms with E-state index in [4.69, 9.17) is 0 Å². The van der Waals surface area contributed by atoms with Gasteiger partial charge in [0.1, 0.15) is 17.3 Å². The first kappa shape index (κ1) is 24.0. The molecule has 1 unspecified atom stereocenters. The lowest BCUT2D eigenvalue weighted by Crippen LogP contribution is -2.55. The molecule has 0 aromatic carbocycles. The number of anilines is 2. The standard InChI is InChI=1S/C22H29F2N5O2S/c1-13-6-7-17(26-18-10-16(32-28-18)21(3,4)5)27-19(13)20(31)29-12-22(23,24)9-8-15(29)11-25-14(2)30/h6-7,10,15H,8-9,11-12H2,1-5H3,(H,25,30)(H,26,27,28). The van der Waals surface area contributed by atoms with Crippen LogP contribution in [0.4, 0.5) is 20.4 Å². The van der Waals surface area contributed by atoms with Gasteiger partial charge in [0.2, 0.25) is 5.91 Å². The number of carbonyl (C=O) groups is 2. The van der Waals surface area contributed by atoms with Crippen LogP contribution in [0.3, 0.4) is 0 Å². The molecule has 3 heterocycles. The maximum Gasteiger partial charge on any atom is 0.273 e. The summed E-state index contributed by atoms with van der Waals surface area (Å²) in [5.41, 5.74) is 0.648. The van der Waals surface area contributed by atoms with E-state index in [-0.39, 0.29) is 36.4 Å². The number of halogens is 2. The van der Waals surface area contributed by atoms with Crippen molar-refractivity contribution < 1.29 is 18.4 Å². The van der Waals surface area contributed by atoms with Crippen LogP contribution in [0.15, 0.2) is 18.2 Å². The molecule has 7 nitrogen and oxygen atoms in total. The molecule has 1 saturated heterocycles. The second-order valence-corrected chi connectivity index (χ2v) is 10.0. The van der Waals surface area contributed by atoms with Crippen molar-refractivity contribution in [2.45, 2.75) is 64.8 Å². The summed E-state index contributed by atoms with van der Waals surface area (Å²) in [6.07, 6.45) is -0.223. The van der Waals surface area contributed by atoms with Crippen molar-refractivity contribution >= 4 is 35.0 Å². The molecule has 3 rings (SSSR count). The lowest BCUT2D eigenvalue weighted by atomic mass is 9.95. The van der Waals surface area contributed by atoms with Crippen molar-refractivity contribution in [1.29, 1.82) is 0 Å². The van der Waals surface area contributed by atoms with E-state index in [9.17, 15) is 18.4 Å². The molecule has 0 radical (unpaired) electrons. The van der Waals surface area contributed by atoms with Gasteiger partial charge in [-0.3, -0.25) is 9.59 Å². The largest absolute Gasteiger partial charge is 0.354 e. The van der Waals surface area contributed by atoms with Gasteiger partial charge in [0.25, 0.3) is 11.8 Å². The van der Waals surface area contributed by atoms with Gasteiger partial charge in [-0.2, -0.15) is 4.37 Å². The van der Waals surface area contributed by atoms with E-state index in [0.717, 1.165) is 9.78 Å². The molecule has 2 aromatic rings. The maximum absolute atomic E-state index is 14.1. The topological polar surface area (TPSA) is 87.2 Å². The molecule has 10 heteroatoms. The molecule has 1 atom stereocenters. The molecule has 1 fully saturated rings. The fraction of sp³-hybridized carbons (Fsp3) is 0.545. The van der Waals surface area contributed by atoms with Crippen molar-refractivity contribution in [2.24, 2.45) is 0 Å². The van der Waals surface area contributed by atoms with Crippen LogP contribution in [0, 0.1) is 6.92 Å². The third-order valence-electron chi connectivity index (χ3n) is 5.34. The van der Waals surface area contributed by atoms with Gasteiger partial charge in [0, 0.05) is 30.8 Å². The molecule has 2 N–H and O–H groups in total. The minimum Gasteiger partial charge on any atom is -0.354 e. The Kier molecular flexibility index (Phi) is 6.83. The molecule has 2 aromatic heterocycles. The van der Waals surface area contributed by atoms with Gasteiger partial charge in [-0.1, -0.05) is 26.8 Å². The number of likely N-dealkylation sites (tertiary alicyclic amines) is 1. The van der Waals surface area contributed by atoms with Crippen LogP contribution in [0.5, 0.6) is 0 Å². The van der Waals surface area contributed by atoms with Crippen molar-refractivity contribution in [3.05, 3.63) is 34.3 Å². The molecule has 0 aliphatic carbocycles. The van der Waals surface area contributed by atoms with Crippen molar-refractivity contribution in [1.82, 2.24) is 19.6 Å². The van der Waals surface area contributed by atoms with E-state index < -0.39 is 24.4 Å². The maximum atomic E-state index is 14.1. The Balaban J connectivity index is 1.84. The Morgan fingerprint density at radius 1 is 1.28 bits per heavy atom. The average Bonchev–Trinajstić information content (AvgIpc) is 3.16. The molecule has 2 amide bonds. The van der Waals surface area contributed by atoms with Crippen LogP contribution < -0.4 is 10.6 Å². The molecule has 0 saturated carbocycles. The zero-order valence-electron chi connectivity index (χ0n) is 19.0.